The summed E-state index contributed by atoms with van der Waals surface area (Å²) in [6.07, 6.45) is 1.25. The molecular formula is C17H21FN2O. The van der Waals surface area contributed by atoms with Crippen molar-refractivity contribution in [1.82, 2.24) is 5.43 Å². The Balaban J connectivity index is 2.12. The Morgan fingerprint density at radius 3 is 2.62 bits per heavy atom. The van der Waals surface area contributed by atoms with E-state index in [1.165, 1.54) is 18.2 Å². The fourth-order valence-corrected chi connectivity index (χ4v) is 2.45. The SMILES string of the molecule is COc1cccc(CC(Cc2cccc(C)c2)NN)c1F. The minimum Gasteiger partial charge on any atom is -0.494 e. The lowest BCUT2D eigenvalue weighted by Crippen LogP contribution is -2.38. The quantitative estimate of drug-likeness (QED) is 0.635. The van der Waals surface area contributed by atoms with Crippen LogP contribution in [0.1, 0.15) is 16.7 Å². The fourth-order valence-electron chi connectivity index (χ4n) is 2.45. The smallest absolute Gasteiger partial charge is 0.168 e. The molecule has 0 amide bonds. The van der Waals surface area contributed by atoms with Crippen molar-refractivity contribution in [1.29, 1.82) is 0 Å². The van der Waals surface area contributed by atoms with Crippen molar-refractivity contribution < 1.29 is 9.13 Å². The molecule has 0 bridgehead atoms. The van der Waals surface area contributed by atoms with Crippen molar-refractivity contribution in [3.63, 3.8) is 0 Å². The molecule has 3 nitrogen and oxygen atoms in total. The van der Waals surface area contributed by atoms with Gasteiger partial charge in [0.05, 0.1) is 7.11 Å². The van der Waals surface area contributed by atoms with Crippen LogP contribution < -0.4 is 16.0 Å². The van der Waals surface area contributed by atoms with Crippen LogP contribution >= 0.6 is 0 Å². The zero-order valence-corrected chi connectivity index (χ0v) is 12.4. The average molecular weight is 288 g/mol. The van der Waals surface area contributed by atoms with Gasteiger partial charge in [0.1, 0.15) is 0 Å². The molecule has 112 valence electrons. The summed E-state index contributed by atoms with van der Waals surface area (Å²) in [6.45, 7) is 2.05. The fraction of sp³-hybridized carbons (Fsp3) is 0.294. The number of benzene rings is 2. The van der Waals surface area contributed by atoms with E-state index < -0.39 is 0 Å². The van der Waals surface area contributed by atoms with Gasteiger partial charge in [0.25, 0.3) is 0 Å². The van der Waals surface area contributed by atoms with E-state index in [2.05, 4.69) is 30.5 Å². The molecule has 2 rings (SSSR count). The summed E-state index contributed by atoms with van der Waals surface area (Å²) in [7, 11) is 1.47. The maximum Gasteiger partial charge on any atom is 0.168 e. The molecule has 4 heteroatoms. The maximum atomic E-state index is 14.2. The molecule has 21 heavy (non-hydrogen) atoms. The molecule has 2 aromatic carbocycles. The number of methoxy groups -OCH3 is 1. The van der Waals surface area contributed by atoms with E-state index in [-0.39, 0.29) is 17.6 Å². The molecule has 0 aliphatic rings. The Bertz CT molecular complexity index is 601. The molecule has 1 unspecified atom stereocenters. The zero-order valence-electron chi connectivity index (χ0n) is 12.4. The van der Waals surface area contributed by atoms with E-state index in [1.54, 1.807) is 18.2 Å². The number of nitrogens with one attached hydrogen (secondary N) is 1. The second-order valence-corrected chi connectivity index (χ2v) is 5.19. The number of ether oxygens (including phenoxy) is 1. The van der Waals surface area contributed by atoms with E-state index in [0.717, 1.165) is 6.42 Å². The normalized spacial score (nSPS) is 12.2. The standard InChI is InChI=1S/C17H21FN2O/c1-12-5-3-6-13(9-12)10-15(20-19)11-14-7-4-8-16(21-2)17(14)18/h3-9,15,20H,10-11,19H2,1-2H3. The van der Waals surface area contributed by atoms with E-state index in [4.69, 9.17) is 10.6 Å². The topological polar surface area (TPSA) is 47.3 Å². The molecule has 0 saturated carbocycles. The summed E-state index contributed by atoms with van der Waals surface area (Å²) >= 11 is 0. The van der Waals surface area contributed by atoms with E-state index in [0.29, 0.717) is 12.0 Å². The Morgan fingerprint density at radius 1 is 1.19 bits per heavy atom. The van der Waals surface area contributed by atoms with Crippen LogP contribution in [0.2, 0.25) is 0 Å². The lowest BCUT2D eigenvalue weighted by Gasteiger charge is -2.17. The third-order valence-electron chi connectivity index (χ3n) is 3.53. The Labute approximate surface area is 124 Å². The molecule has 2 aromatic rings. The molecule has 0 aliphatic heterocycles. The molecule has 0 radical (unpaired) electrons. The second-order valence-electron chi connectivity index (χ2n) is 5.19. The summed E-state index contributed by atoms with van der Waals surface area (Å²) in [5.74, 6) is 5.57. The van der Waals surface area contributed by atoms with Gasteiger partial charge in [0.15, 0.2) is 11.6 Å². The molecule has 0 fully saturated rings. The summed E-state index contributed by atoms with van der Waals surface area (Å²) < 4.78 is 19.2. The number of rotatable bonds is 6. The molecule has 1 atom stereocenters. The Morgan fingerprint density at radius 2 is 1.95 bits per heavy atom. The van der Waals surface area contributed by atoms with Crippen LogP contribution in [0.4, 0.5) is 4.39 Å². The van der Waals surface area contributed by atoms with Gasteiger partial charge in [-0.15, -0.1) is 0 Å². The highest BCUT2D eigenvalue weighted by Gasteiger charge is 2.14. The summed E-state index contributed by atoms with van der Waals surface area (Å²) in [5.41, 5.74) is 5.76. The molecule has 0 heterocycles. The van der Waals surface area contributed by atoms with Crippen LogP contribution in [0.3, 0.4) is 0 Å². The first-order valence-electron chi connectivity index (χ1n) is 6.97. The van der Waals surface area contributed by atoms with E-state index in [9.17, 15) is 4.39 Å². The molecule has 0 saturated heterocycles. The van der Waals surface area contributed by atoms with Gasteiger partial charge in [0.2, 0.25) is 0 Å². The predicted molar refractivity (Wildman–Crippen MR) is 82.7 cm³/mol. The highest BCUT2D eigenvalue weighted by molar-refractivity contribution is 5.32. The lowest BCUT2D eigenvalue weighted by atomic mass is 9.98. The maximum absolute atomic E-state index is 14.2. The highest BCUT2D eigenvalue weighted by atomic mass is 19.1. The van der Waals surface area contributed by atoms with E-state index in [1.807, 2.05) is 6.07 Å². The van der Waals surface area contributed by atoms with Crippen molar-refractivity contribution >= 4 is 0 Å². The van der Waals surface area contributed by atoms with Crippen LogP contribution in [-0.4, -0.2) is 13.2 Å². The van der Waals surface area contributed by atoms with Crippen LogP contribution in [0.25, 0.3) is 0 Å². The van der Waals surface area contributed by atoms with Gasteiger partial charge in [-0.05, 0) is 37.0 Å². The number of hydrogen-bond acceptors (Lipinski definition) is 3. The molecule has 0 aromatic heterocycles. The number of hydrogen-bond donors (Lipinski definition) is 2. The van der Waals surface area contributed by atoms with Crippen LogP contribution in [-0.2, 0) is 12.8 Å². The van der Waals surface area contributed by atoms with Crippen LogP contribution in [0, 0.1) is 12.7 Å². The van der Waals surface area contributed by atoms with Crippen molar-refractivity contribution in [2.24, 2.45) is 5.84 Å². The summed E-state index contributed by atoms with van der Waals surface area (Å²) in [4.78, 5) is 0. The van der Waals surface area contributed by atoms with Gasteiger partial charge in [-0.2, -0.15) is 0 Å². The number of hydrazine groups is 1. The van der Waals surface area contributed by atoms with Crippen LogP contribution in [0.5, 0.6) is 5.75 Å². The van der Waals surface area contributed by atoms with Gasteiger partial charge in [0, 0.05) is 6.04 Å². The molecule has 0 aliphatic carbocycles. The summed E-state index contributed by atoms with van der Waals surface area (Å²) in [5, 5.41) is 0. The Kier molecular flexibility index (Phi) is 5.31. The Hall–Kier alpha value is -1.91. The van der Waals surface area contributed by atoms with Crippen molar-refractivity contribution in [2.45, 2.75) is 25.8 Å². The number of aryl methyl sites for hydroxylation is 1. The predicted octanol–water partition coefficient (Wildman–Crippen LogP) is 2.76. The largest absolute Gasteiger partial charge is 0.494 e. The second kappa shape index (κ2) is 7.20. The molecule has 0 spiro atoms. The monoisotopic (exact) mass is 288 g/mol. The van der Waals surface area contributed by atoms with Crippen molar-refractivity contribution in [3.8, 4) is 5.75 Å². The number of nitrogens with two attached hydrogens (primary N) is 1. The first kappa shape index (κ1) is 15.5. The summed E-state index contributed by atoms with van der Waals surface area (Å²) in [6, 6.07) is 13.4. The van der Waals surface area contributed by atoms with Gasteiger partial charge in [-0.1, -0.05) is 42.0 Å². The highest BCUT2D eigenvalue weighted by Crippen LogP contribution is 2.21. The number of halogens is 1. The van der Waals surface area contributed by atoms with Crippen molar-refractivity contribution in [3.05, 3.63) is 65.0 Å². The zero-order chi connectivity index (χ0) is 15.2. The molecule has 3 N–H and O–H groups in total. The van der Waals surface area contributed by atoms with Gasteiger partial charge in [-0.25, -0.2) is 4.39 Å². The average Bonchev–Trinajstić information content (AvgIpc) is 2.48. The molecular weight excluding hydrogens is 267 g/mol. The van der Waals surface area contributed by atoms with E-state index >= 15 is 0 Å². The van der Waals surface area contributed by atoms with Gasteiger partial charge >= 0.3 is 0 Å². The van der Waals surface area contributed by atoms with Crippen molar-refractivity contribution in [2.75, 3.05) is 7.11 Å². The van der Waals surface area contributed by atoms with Gasteiger partial charge in [-0.3, -0.25) is 11.3 Å². The first-order chi connectivity index (χ1) is 10.1. The third-order valence-corrected chi connectivity index (χ3v) is 3.53. The lowest BCUT2D eigenvalue weighted by molar-refractivity contribution is 0.382. The van der Waals surface area contributed by atoms with Crippen LogP contribution in [0.15, 0.2) is 42.5 Å². The first-order valence-corrected chi connectivity index (χ1v) is 6.97. The van der Waals surface area contributed by atoms with Gasteiger partial charge < -0.3 is 4.74 Å². The minimum atomic E-state index is -0.315. The third kappa shape index (κ3) is 4.03. The minimum absolute atomic E-state index is 0.0339.